The van der Waals surface area contributed by atoms with Crippen LogP contribution in [0.5, 0.6) is 0 Å². The van der Waals surface area contributed by atoms with Crippen molar-refractivity contribution < 1.29 is 4.79 Å². The van der Waals surface area contributed by atoms with E-state index in [0.717, 1.165) is 29.5 Å². The van der Waals surface area contributed by atoms with E-state index >= 15 is 0 Å². The maximum Gasteiger partial charge on any atom is 0.259 e. The first-order valence-corrected chi connectivity index (χ1v) is 12.9. The lowest BCUT2D eigenvalue weighted by molar-refractivity contribution is -0.133. The first-order chi connectivity index (χ1) is 17.1. The Morgan fingerprint density at radius 2 is 1.86 bits per heavy atom. The van der Waals surface area contributed by atoms with Crippen molar-refractivity contribution in [3.05, 3.63) is 67.3 Å². The molecular formula is C25H26N6O3S. The number of amides is 1. The molecule has 1 aliphatic heterocycles. The molecule has 1 aliphatic carbocycles. The van der Waals surface area contributed by atoms with Crippen molar-refractivity contribution in [1.82, 2.24) is 29.5 Å². The summed E-state index contributed by atoms with van der Waals surface area (Å²) in [6.45, 7) is 3.24. The second-order valence-corrected chi connectivity index (χ2v) is 10.3. The van der Waals surface area contributed by atoms with Gasteiger partial charge in [0.25, 0.3) is 5.56 Å². The van der Waals surface area contributed by atoms with Crippen LogP contribution in [0.3, 0.4) is 0 Å². The molecule has 0 spiro atoms. The van der Waals surface area contributed by atoms with E-state index < -0.39 is 0 Å². The summed E-state index contributed by atoms with van der Waals surface area (Å²) >= 11 is 1.67. The van der Waals surface area contributed by atoms with Crippen molar-refractivity contribution in [2.75, 3.05) is 26.2 Å². The van der Waals surface area contributed by atoms with Crippen molar-refractivity contribution >= 4 is 38.4 Å². The average molecular weight is 491 g/mol. The minimum atomic E-state index is -0.148. The summed E-state index contributed by atoms with van der Waals surface area (Å²) in [5.41, 5.74) is 1.69. The smallest absolute Gasteiger partial charge is 0.259 e. The number of nitrogens with one attached hydrogen (secondary N) is 1. The number of nitrogens with zero attached hydrogens (tertiary/aromatic N) is 5. The van der Waals surface area contributed by atoms with Crippen molar-refractivity contribution in [3.8, 4) is 0 Å². The number of fused-ring (bicyclic) bond motifs is 4. The van der Waals surface area contributed by atoms with E-state index in [1.54, 1.807) is 22.1 Å². The van der Waals surface area contributed by atoms with E-state index in [2.05, 4.69) is 15.0 Å². The maximum atomic E-state index is 13.0. The predicted octanol–water partition coefficient (Wildman–Crippen LogP) is 1.92. The molecule has 180 valence electrons. The zero-order valence-corrected chi connectivity index (χ0v) is 20.1. The standard InChI is InChI=1S/C25H26N6O3S/c32-19-13-26-31(18-7-3-1-5-16(18)19)15-22(33)30-11-9-29(10-12-30)14-21-27-24(34)23-17-6-2-4-8-20(17)35-25(23)28-21/h1,3,5,7,13H,2,4,6,8-12,14-15H2,(H,27,28,34). The average Bonchev–Trinajstić information content (AvgIpc) is 3.25. The van der Waals surface area contributed by atoms with Crippen LogP contribution >= 0.6 is 11.3 Å². The van der Waals surface area contributed by atoms with Gasteiger partial charge in [0.1, 0.15) is 17.2 Å². The number of benzene rings is 1. The van der Waals surface area contributed by atoms with Gasteiger partial charge in [-0.3, -0.25) is 24.0 Å². The number of aromatic nitrogens is 4. The van der Waals surface area contributed by atoms with E-state index in [0.29, 0.717) is 49.5 Å². The summed E-state index contributed by atoms with van der Waals surface area (Å²) in [4.78, 5) is 51.8. The van der Waals surface area contributed by atoms with Gasteiger partial charge in [0.2, 0.25) is 11.3 Å². The molecule has 0 bridgehead atoms. The Labute approximate surface area is 205 Å². The Morgan fingerprint density at radius 1 is 1.06 bits per heavy atom. The van der Waals surface area contributed by atoms with Crippen molar-refractivity contribution in [2.45, 2.75) is 38.8 Å². The summed E-state index contributed by atoms with van der Waals surface area (Å²) < 4.78 is 1.59. The van der Waals surface area contributed by atoms with Crippen LogP contribution in [0.1, 0.15) is 29.1 Å². The molecule has 1 fully saturated rings. The van der Waals surface area contributed by atoms with Crippen LogP contribution in [0.25, 0.3) is 21.1 Å². The zero-order chi connectivity index (χ0) is 23.9. The number of aryl methyl sites for hydroxylation is 2. The second kappa shape index (κ2) is 9.01. The fourth-order valence-electron chi connectivity index (χ4n) is 5.17. The molecule has 4 aromatic rings. The summed E-state index contributed by atoms with van der Waals surface area (Å²) in [5.74, 6) is 0.660. The molecule has 1 amide bonds. The van der Waals surface area contributed by atoms with Gasteiger partial charge in [0.15, 0.2) is 0 Å². The van der Waals surface area contributed by atoms with Gasteiger partial charge in [-0.05, 0) is 43.4 Å². The number of H-pyrrole nitrogens is 1. The monoisotopic (exact) mass is 490 g/mol. The zero-order valence-electron chi connectivity index (χ0n) is 19.3. The molecule has 1 N–H and O–H groups in total. The Kier molecular flexibility index (Phi) is 5.69. The molecule has 9 nitrogen and oxygen atoms in total. The lowest BCUT2D eigenvalue weighted by Crippen LogP contribution is -2.49. The van der Waals surface area contributed by atoms with Gasteiger partial charge in [-0.25, -0.2) is 4.98 Å². The predicted molar refractivity (Wildman–Crippen MR) is 135 cm³/mol. The lowest BCUT2D eigenvalue weighted by atomic mass is 9.97. The topological polar surface area (TPSA) is 104 Å². The van der Waals surface area contributed by atoms with E-state index in [1.165, 1.54) is 23.1 Å². The first-order valence-electron chi connectivity index (χ1n) is 12.1. The van der Waals surface area contributed by atoms with Gasteiger partial charge in [-0.2, -0.15) is 5.10 Å². The molecule has 1 saturated heterocycles. The minimum Gasteiger partial charge on any atom is -0.339 e. The molecule has 3 aromatic heterocycles. The number of para-hydroxylation sites is 1. The highest BCUT2D eigenvalue weighted by molar-refractivity contribution is 7.18. The van der Waals surface area contributed by atoms with Gasteiger partial charge in [0.05, 0.1) is 23.6 Å². The number of rotatable bonds is 4. The summed E-state index contributed by atoms with van der Waals surface area (Å²) in [5, 5.41) is 5.52. The van der Waals surface area contributed by atoms with Crippen LogP contribution in [0.15, 0.2) is 40.1 Å². The van der Waals surface area contributed by atoms with Gasteiger partial charge in [-0.1, -0.05) is 12.1 Å². The van der Waals surface area contributed by atoms with Crippen molar-refractivity contribution in [2.24, 2.45) is 0 Å². The Bertz CT molecular complexity index is 1550. The maximum absolute atomic E-state index is 13.0. The largest absolute Gasteiger partial charge is 0.339 e. The molecule has 1 aromatic carbocycles. The van der Waals surface area contributed by atoms with Crippen molar-refractivity contribution in [1.29, 1.82) is 0 Å². The van der Waals surface area contributed by atoms with Crippen LogP contribution < -0.4 is 11.0 Å². The van der Waals surface area contributed by atoms with E-state index in [4.69, 9.17) is 4.98 Å². The van der Waals surface area contributed by atoms with Crippen LogP contribution in [0.2, 0.25) is 0 Å². The highest BCUT2D eigenvalue weighted by atomic mass is 32.1. The Balaban J connectivity index is 1.11. The second-order valence-electron chi connectivity index (χ2n) is 9.24. The number of hydrogen-bond acceptors (Lipinski definition) is 7. The van der Waals surface area contributed by atoms with E-state index in [-0.39, 0.29) is 23.4 Å². The number of carbonyl (C=O) groups excluding carboxylic acids is 1. The highest BCUT2D eigenvalue weighted by Gasteiger charge is 2.24. The summed E-state index contributed by atoms with van der Waals surface area (Å²) in [6, 6.07) is 7.20. The third kappa shape index (κ3) is 4.17. The molecule has 0 saturated carbocycles. The Hall–Kier alpha value is -3.37. The van der Waals surface area contributed by atoms with Crippen LogP contribution in [0.4, 0.5) is 0 Å². The van der Waals surface area contributed by atoms with Crippen molar-refractivity contribution in [3.63, 3.8) is 0 Å². The molecule has 0 unspecified atom stereocenters. The summed E-state index contributed by atoms with van der Waals surface area (Å²) in [6.07, 6.45) is 5.61. The number of thiophene rings is 1. The van der Waals surface area contributed by atoms with E-state index in [1.807, 2.05) is 23.1 Å². The molecule has 10 heteroatoms. The summed E-state index contributed by atoms with van der Waals surface area (Å²) in [7, 11) is 0. The highest BCUT2D eigenvalue weighted by Crippen LogP contribution is 2.33. The van der Waals surface area contributed by atoms with Gasteiger partial charge >= 0.3 is 0 Å². The fourth-order valence-corrected chi connectivity index (χ4v) is 6.45. The molecule has 0 atom stereocenters. The van der Waals surface area contributed by atoms with Crippen LogP contribution in [-0.4, -0.2) is 61.6 Å². The molecule has 2 aliphatic rings. The normalized spacial score (nSPS) is 16.6. The van der Waals surface area contributed by atoms with Gasteiger partial charge in [-0.15, -0.1) is 11.3 Å². The van der Waals surface area contributed by atoms with Gasteiger partial charge < -0.3 is 9.88 Å². The molecule has 6 rings (SSSR count). The van der Waals surface area contributed by atoms with Crippen LogP contribution in [-0.2, 0) is 30.7 Å². The lowest BCUT2D eigenvalue weighted by Gasteiger charge is -2.34. The number of carbonyl (C=O) groups is 1. The van der Waals surface area contributed by atoms with Crippen LogP contribution in [0, 0.1) is 0 Å². The SMILES string of the molecule is O=C(Cn1ncc(=O)c2ccccc21)N1CCN(Cc2nc3sc4c(c3c(=O)[nH]2)CCCC4)CC1. The first kappa shape index (κ1) is 22.1. The fraction of sp³-hybridized carbons (Fsp3) is 0.400. The van der Waals surface area contributed by atoms with E-state index in [9.17, 15) is 14.4 Å². The number of piperazine rings is 1. The molecule has 4 heterocycles. The van der Waals surface area contributed by atoms with Gasteiger partial charge in [0, 0.05) is 36.4 Å². The molecule has 0 radical (unpaired) electrons. The number of aromatic amines is 1. The third-order valence-corrected chi connectivity index (χ3v) is 8.21. The molecule has 35 heavy (non-hydrogen) atoms. The third-order valence-electron chi connectivity index (χ3n) is 7.02. The minimum absolute atomic E-state index is 0.0249. The molecular weight excluding hydrogens is 464 g/mol. The Morgan fingerprint density at radius 3 is 2.71 bits per heavy atom. The quantitative estimate of drug-likeness (QED) is 0.469. The number of hydrogen-bond donors (Lipinski definition) is 1.